The average Bonchev–Trinajstić information content (AvgIpc) is 2.71. The maximum atomic E-state index is 12.9. The summed E-state index contributed by atoms with van der Waals surface area (Å²) >= 11 is 0. The molecule has 1 atom stereocenters. The number of carbonyl (C=O) groups is 3. The van der Waals surface area contributed by atoms with Crippen LogP contribution >= 0.6 is 0 Å². The van der Waals surface area contributed by atoms with E-state index in [0.29, 0.717) is 25.3 Å². The van der Waals surface area contributed by atoms with Crippen LogP contribution in [0.5, 0.6) is 0 Å². The van der Waals surface area contributed by atoms with E-state index in [2.05, 4.69) is 27.4 Å². The molecule has 2 N–H and O–H groups in total. The number of hydrogen-bond donors (Lipinski definition) is 2. The Kier molecular flexibility index (Phi) is 7.22. The second-order valence-corrected chi connectivity index (χ2v) is 7.72. The Labute approximate surface area is 172 Å². The molecular formula is C21H31N5O3. The fourth-order valence-corrected chi connectivity index (χ4v) is 3.79. The zero-order valence-electron chi connectivity index (χ0n) is 17.3. The van der Waals surface area contributed by atoms with Crippen LogP contribution in [-0.4, -0.2) is 90.8 Å². The summed E-state index contributed by atoms with van der Waals surface area (Å²) in [5.74, 6) is -0.623. The molecule has 2 aliphatic rings. The highest BCUT2D eigenvalue weighted by atomic mass is 16.2. The molecule has 2 saturated heterocycles. The SMILES string of the molecule is CCN1CCN(CC(=O)N2CCNC(=O)[C@H]2CC(=O)Nc2ccc(C)cc2)CC1. The number of amides is 3. The summed E-state index contributed by atoms with van der Waals surface area (Å²) in [6.45, 7) is 9.87. The molecule has 0 saturated carbocycles. The van der Waals surface area contributed by atoms with E-state index in [1.807, 2.05) is 31.2 Å². The number of nitrogens with one attached hydrogen (secondary N) is 2. The maximum absolute atomic E-state index is 12.9. The van der Waals surface area contributed by atoms with Gasteiger partial charge < -0.3 is 20.4 Å². The Bertz CT molecular complexity index is 728. The molecule has 29 heavy (non-hydrogen) atoms. The van der Waals surface area contributed by atoms with Gasteiger partial charge in [0.25, 0.3) is 0 Å². The van der Waals surface area contributed by atoms with Gasteiger partial charge in [-0.3, -0.25) is 19.3 Å². The van der Waals surface area contributed by atoms with Crippen LogP contribution in [-0.2, 0) is 14.4 Å². The number of hydrogen-bond acceptors (Lipinski definition) is 5. The molecule has 2 aliphatic heterocycles. The van der Waals surface area contributed by atoms with E-state index in [4.69, 9.17) is 0 Å². The van der Waals surface area contributed by atoms with Crippen LogP contribution < -0.4 is 10.6 Å². The van der Waals surface area contributed by atoms with Crippen LogP contribution in [0, 0.1) is 6.92 Å². The van der Waals surface area contributed by atoms with E-state index in [-0.39, 0.29) is 24.1 Å². The molecule has 8 heteroatoms. The van der Waals surface area contributed by atoms with Crippen molar-refractivity contribution >= 4 is 23.4 Å². The van der Waals surface area contributed by atoms with E-state index in [0.717, 1.165) is 38.3 Å². The summed E-state index contributed by atoms with van der Waals surface area (Å²) < 4.78 is 0. The Balaban J connectivity index is 1.58. The second-order valence-electron chi connectivity index (χ2n) is 7.72. The molecule has 1 aromatic carbocycles. The number of rotatable bonds is 6. The molecular weight excluding hydrogens is 370 g/mol. The van der Waals surface area contributed by atoms with Gasteiger partial charge in [-0.25, -0.2) is 0 Å². The second kappa shape index (κ2) is 9.84. The number of anilines is 1. The highest BCUT2D eigenvalue weighted by molar-refractivity contribution is 5.97. The Morgan fingerprint density at radius 1 is 1.07 bits per heavy atom. The van der Waals surface area contributed by atoms with Crippen molar-refractivity contribution < 1.29 is 14.4 Å². The highest BCUT2D eigenvalue weighted by Gasteiger charge is 2.35. The molecule has 0 aliphatic carbocycles. The van der Waals surface area contributed by atoms with Gasteiger partial charge in [-0.1, -0.05) is 24.6 Å². The molecule has 2 fully saturated rings. The summed E-state index contributed by atoms with van der Waals surface area (Å²) in [5, 5.41) is 5.59. The molecule has 8 nitrogen and oxygen atoms in total. The van der Waals surface area contributed by atoms with Gasteiger partial charge >= 0.3 is 0 Å². The van der Waals surface area contributed by atoms with Gasteiger partial charge in [-0.15, -0.1) is 0 Å². The Morgan fingerprint density at radius 2 is 1.72 bits per heavy atom. The summed E-state index contributed by atoms with van der Waals surface area (Å²) in [6.07, 6.45) is -0.0466. The summed E-state index contributed by atoms with van der Waals surface area (Å²) in [7, 11) is 0. The van der Waals surface area contributed by atoms with Crippen molar-refractivity contribution in [1.82, 2.24) is 20.0 Å². The predicted molar refractivity (Wildman–Crippen MR) is 111 cm³/mol. The lowest BCUT2D eigenvalue weighted by Crippen LogP contribution is -2.60. The number of aryl methyl sites for hydroxylation is 1. The average molecular weight is 402 g/mol. The van der Waals surface area contributed by atoms with Crippen LogP contribution in [0.4, 0.5) is 5.69 Å². The normalized spacial score (nSPS) is 21.0. The van der Waals surface area contributed by atoms with Gasteiger partial charge in [-0.2, -0.15) is 0 Å². The minimum absolute atomic E-state index is 0.0466. The fourth-order valence-electron chi connectivity index (χ4n) is 3.79. The Hall–Kier alpha value is -2.45. The number of carbonyl (C=O) groups excluding carboxylic acids is 3. The Morgan fingerprint density at radius 3 is 2.38 bits per heavy atom. The lowest BCUT2D eigenvalue weighted by atomic mass is 10.1. The van der Waals surface area contributed by atoms with Crippen molar-refractivity contribution in [1.29, 1.82) is 0 Å². The predicted octanol–water partition coefficient (Wildman–Crippen LogP) is 0.288. The molecule has 3 amide bonds. The summed E-state index contributed by atoms with van der Waals surface area (Å²) in [4.78, 5) is 43.9. The van der Waals surface area contributed by atoms with E-state index < -0.39 is 6.04 Å². The van der Waals surface area contributed by atoms with Gasteiger partial charge in [0, 0.05) is 45.0 Å². The van der Waals surface area contributed by atoms with Gasteiger partial charge in [-0.05, 0) is 25.6 Å². The summed E-state index contributed by atoms with van der Waals surface area (Å²) in [6, 6.07) is 6.72. The van der Waals surface area contributed by atoms with Crippen LogP contribution in [0.25, 0.3) is 0 Å². The molecule has 0 aromatic heterocycles. The van der Waals surface area contributed by atoms with Gasteiger partial charge in [0.05, 0.1) is 13.0 Å². The quantitative estimate of drug-likeness (QED) is 0.716. The minimum Gasteiger partial charge on any atom is -0.353 e. The molecule has 158 valence electrons. The van der Waals surface area contributed by atoms with E-state index in [1.54, 1.807) is 4.90 Å². The van der Waals surface area contributed by atoms with E-state index in [1.165, 1.54) is 0 Å². The first-order valence-corrected chi connectivity index (χ1v) is 10.3. The molecule has 0 spiro atoms. The first-order chi connectivity index (χ1) is 14.0. The van der Waals surface area contributed by atoms with Gasteiger partial charge in [0.15, 0.2) is 0 Å². The molecule has 2 heterocycles. The molecule has 1 aromatic rings. The van der Waals surface area contributed by atoms with Crippen LogP contribution in [0.1, 0.15) is 18.9 Å². The lowest BCUT2D eigenvalue weighted by molar-refractivity contribution is -0.145. The van der Waals surface area contributed by atoms with Crippen molar-refractivity contribution in [2.45, 2.75) is 26.3 Å². The standard InChI is InChI=1S/C21H31N5O3/c1-3-24-10-12-25(13-11-24)15-20(28)26-9-8-22-21(29)18(26)14-19(27)23-17-6-4-16(2)5-7-17/h4-7,18H,3,8-15H2,1-2H3,(H,22,29)(H,23,27)/t18-/m1/s1. The third-order valence-corrected chi connectivity index (χ3v) is 5.64. The van der Waals surface area contributed by atoms with Crippen molar-refractivity contribution in [3.05, 3.63) is 29.8 Å². The van der Waals surface area contributed by atoms with Crippen LogP contribution in [0.3, 0.4) is 0 Å². The molecule has 3 rings (SSSR count). The lowest BCUT2D eigenvalue weighted by Gasteiger charge is -2.38. The number of benzene rings is 1. The van der Waals surface area contributed by atoms with Crippen molar-refractivity contribution in [2.75, 3.05) is 57.7 Å². The van der Waals surface area contributed by atoms with Gasteiger partial charge in [0.2, 0.25) is 17.7 Å². The first-order valence-electron chi connectivity index (χ1n) is 10.3. The minimum atomic E-state index is -0.765. The maximum Gasteiger partial charge on any atom is 0.243 e. The molecule has 0 unspecified atom stereocenters. The van der Waals surface area contributed by atoms with Gasteiger partial charge in [0.1, 0.15) is 6.04 Å². The van der Waals surface area contributed by atoms with Crippen LogP contribution in [0.2, 0.25) is 0 Å². The molecule has 0 radical (unpaired) electrons. The zero-order valence-corrected chi connectivity index (χ0v) is 17.3. The smallest absolute Gasteiger partial charge is 0.243 e. The first kappa shape index (κ1) is 21.3. The van der Waals surface area contributed by atoms with Crippen molar-refractivity contribution in [3.63, 3.8) is 0 Å². The monoisotopic (exact) mass is 401 g/mol. The largest absolute Gasteiger partial charge is 0.353 e. The van der Waals surface area contributed by atoms with Crippen LogP contribution in [0.15, 0.2) is 24.3 Å². The third-order valence-electron chi connectivity index (χ3n) is 5.64. The number of likely N-dealkylation sites (N-methyl/N-ethyl adjacent to an activating group) is 1. The molecule has 0 bridgehead atoms. The number of nitrogens with zero attached hydrogens (tertiary/aromatic N) is 3. The third kappa shape index (κ3) is 5.77. The highest BCUT2D eigenvalue weighted by Crippen LogP contribution is 2.14. The van der Waals surface area contributed by atoms with Crippen molar-refractivity contribution in [3.8, 4) is 0 Å². The van der Waals surface area contributed by atoms with E-state index >= 15 is 0 Å². The van der Waals surface area contributed by atoms with E-state index in [9.17, 15) is 14.4 Å². The number of piperazine rings is 2. The zero-order chi connectivity index (χ0) is 20.8. The topological polar surface area (TPSA) is 85.0 Å². The van der Waals surface area contributed by atoms with Crippen molar-refractivity contribution in [2.24, 2.45) is 0 Å². The fraction of sp³-hybridized carbons (Fsp3) is 0.571. The summed E-state index contributed by atoms with van der Waals surface area (Å²) in [5.41, 5.74) is 1.79.